The monoisotopic (exact) mass is 297 g/mol. The summed E-state index contributed by atoms with van der Waals surface area (Å²) in [6.45, 7) is 0.797. The van der Waals surface area contributed by atoms with Crippen molar-refractivity contribution in [1.82, 2.24) is 10.5 Å². The number of carbonyl (C=O) groups excluding carboxylic acids is 2. The molecule has 2 aromatic heterocycles. The molecule has 3 N–H and O–H groups in total. The molecule has 0 bridgehead atoms. The number of rotatable bonds is 3. The van der Waals surface area contributed by atoms with E-state index in [1.54, 1.807) is 6.07 Å². The molecule has 2 aromatic rings. The van der Waals surface area contributed by atoms with Gasteiger partial charge in [-0.1, -0.05) is 0 Å². The fraction of sp³-hybridized carbons (Fsp3) is 0.250. The van der Waals surface area contributed by atoms with Crippen LogP contribution < -0.4 is 11.2 Å². The van der Waals surface area contributed by atoms with Crippen LogP contribution in [0.4, 0.5) is 4.39 Å². The Bertz CT molecular complexity index is 656. The molecule has 0 aromatic carbocycles. The maximum atomic E-state index is 12.8. The predicted molar refractivity (Wildman–Crippen MR) is 71.6 cm³/mol. The molecule has 0 saturated carbocycles. The third-order valence-electron chi connectivity index (χ3n) is 2.48. The molecule has 0 fully saturated rings. The summed E-state index contributed by atoms with van der Waals surface area (Å²) < 4.78 is 13.4. The maximum Gasteiger partial charge on any atom is 0.348 e. The molecule has 0 aliphatic carbocycles. The van der Waals surface area contributed by atoms with E-state index in [1.807, 2.05) is 5.48 Å². The number of carbonyl (C=O) groups is 2. The predicted octanol–water partition coefficient (Wildman–Crippen LogP) is 1.30. The Morgan fingerprint density at radius 3 is 3.00 bits per heavy atom. The molecular formula is C12H12FN3O3S. The first-order chi connectivity index (χ1) is 9.52. The van der Waals surface area contributed by atoms with Gasteiger partial charge in [0.2, 0.25) is 0 Å². The quantitative estimate of drug-likeness (QED) is 0.833. The molecule has 106 valence electrons. The van der Waals surface area contributed by atoms with E-state index in [1.165, 1.54) is 19.2 Å². The van der Waals surface area contributed by atoms with Crippen molar-refractivity contribution in [1.29, 1.82) is 0 Å². The van der Waals surface area contributed by atoms with Gasteiger partial charge in [-0.15, -0.1) is 11.3 Å². The molecule has 1 atom stereocenters. The van der Waals surface area contributed by atoms with Crippen LogP contribution >= 0.6 is 11.3 Å². The number of fused-ring (bicyclic) bond motifs is 1. The van der Waals surface area contributed by atoms with Gasteiger partial charge in [-0.3, -0.25) is 9.78 Å². The van der Waals surface area contributed by atoms with E-state index in [-0.39, 0.29) is 4.88 Å². The first-order valence-corrected chi connectivity index (χ1v) is 6.54. The highest BCUT2D eigenvalue weighted by molar-refractivity contribution is 7.21. The first kappa shape index (κ1) is 14.4. The molecule has 20 heavy (non-hydrogen) atoms. The zero-order valence-electron chi connectivity index (χ0n) is 10.6. The van der Waals surface area contributed by atoms with Crippen molar-refractivity contribution < 1.29 is 18.8 Å². The van der Waals surface area contributed by atoms with Crippen LogP contribution in [0.25, 0.3) is 10.2 Å². The molecule has 0 aliphatic heterocycles. The zero-order chi connectivity index (χ0) is 14.7. The average molecular weight is 297 g/mol. The van der Waals surface area contributed by atoms with Gasteiger partial charge in [-0.25, -0.2) is 9.18 Å². The summed E-state index contributed by atoms with van der Waals surface area (Å²) in [7, 11) is 0. The number of thiophene rings is 1. The highest BCUT2D eigenvalue weighted by Crippen LogP contribution is 2.27. The number of nitrogens with zero attached hydrogens (tertiary/aromatic N) is 1. The fourth-order valence-electron chi connectivity index (χ4n) is 1.45. The molecule has 6 nitrogen and oxygen atoms in total. The Kier molecular flexibility index (Phi) is 4.26. The first-order valence-electron chi connectivity index (χ1n) is 5.73. The Balaban J connectivity index is 2.17. The SMILES string of the molecule is C[C@@H](N)C(=O)ONC(=O)c1cc2nccc(CF)c2s1. The summed E-state index contributed by atoms with van der Waals surface area (Å²) in [6, 6.07) is 2.22. The van der Waals surface area contributed by atoms with Crippen molar-refractivity contribution >= 4 is 33.4 Å². The highest BCUT2D eigenvalue weighted by Gasteiger charge is 2.16. The second-order valence-electron chi connectivity index (χ2n) is 4.07. The topological polar surface area (TPSA) is 94.3 Å². The Labute approximate surface area is 117 Å². The number of amides is 1. The summed E-state index contributed by atoms with van der Waals surface area (Å²) in [6.07, 6.45) is 1.47. The summed E-state index contributed by atoms with van der Waals surface area (Å²) in [5, 5.41) is 0. The second kappa shape index (κ2) is 5.93. The molecule has 1 amide bonds. The minimum atomic E-state index is -0.836. The number of hydroxylamine groups is 1. The van der Waals surface area contributed by atoms with Crippen LogP contribution in [0.5, 0.6) is 0 Å². The molecule has 0 spiro atoms. The van der Waals surface area contributed by atoms with Crippen molar-refractivity contribution in [3.63, 3.8) is 0 Å². The summed E-state index contributed by atoms with van der Waals surface area (Å²) >= 11 is 1.08. The normalized spacial score (nSPS) is 12.2. The van der Waals surface area contributed by atoms with E-state index in [0.29, 0.717) is 15.8 Å². The molecule has 8 heteroatoms. The second-order valence-corrected chi connectivity index (χ2v) is 5.12. The van der Waals surface area contributed by atoms with E-state index in [9.17, 15) is 14.0 Å². The van der Waals surface area contributed by atoms with Crippen LogP contribution in [-0.2, 0) is 16.3 Å². The standard InChI is InChI=1S/C12H12FN3O3S/c1-6(14)12(18)19-16-11(17)9-4-8-10(20-9)7(5-13)2-3-15-8/h2-4,6H,5,14H2,1H3,(H,16,17)/t6-/m1/s1. The molecule has 0 unspecified atom stereocenters. The number of hydrogen-bond donors (Lipinski definition) is 2. The van der Waals surface area contributed by atoms with Gasteiger partial charge >= 0.3 is 5.97 Å². The number of alkyl halides is 1. The number of halogens is 1. The fourth-order valence-corrected chi connectivity index (χ4v) is 2.44. The van der Waals surface area contributed by atoms with E-state index in [0.717, 1.165) is 11.3 Å². The summed E-state index contributed by atoms with van der Waals surface area (Å²) in [4.78, 5) is 31.8. The lowest BCUT2D eigenvalue weighted by Gasteiger charge is -2.05. The van der Waals surface area contributed by atoms with Gasteiger partial charge in [0.15, 0.2) is 0 Å². The molecule has 2 rings (SSSR count). The molecule has 0 saturated heterocycles. The summed E-state index contributed by atoms with van der Waals surface area (Å²) in [5.41, 5.74) is 8.27. The van der Waals surface area contributed by atoms with Gasteiger partial charge in [0.05, 0.1) is 15.1 Å². The minimum absolute atomic E-state index is 0.269. The van der Waals surface area contributed by atoms with Gasteiger partial charge in [-0.2, -0.15) is 5.48 Å². The van der Waals surface area contributed by atoms with E-state index in [2.05, 4.69) is 9.82 Å². The molecule has 0 aliphatic rings. The van der Waals surface area contributed by atoms with Crippen LogP contribution in [0.2, 0.25) is 0 Å². The van der Waals surface area contributed by atoms with E-state index >= 15 is 0 Å². The smallest absolute Gasteiger partial charge is 0.339 e. The van der Waals surface area contributed by atoms with Crippen molar-refractivity contribution in [3.8, 4) is 0 Å². The van der Waals surface area contributed by atoms with Crippen LogP contribution in [0, 0.1) is 0 Å². The van der Waals surface area contributed by atoms with Gasteiger partial charge in [-0.05, 0) is 19.1 Å². The largest absolute Gasteiger partial charge is 0.348 e. The van der Waals surface area contributed by atoms with Crippen molar-refractivity contribution in [2.24, 2.45) is 5.73 Å². The van der Waals surface area contributed by atoms with E-state index < -0.39 is 24.6 Å². The van der Waals surface area contributed by atoms with Crippen LogP contribution in [0.15, 0.2) is 18.3 Å². The Morgan fingerprint density at radius 1 is 1.60 bits per heavy atom. The molecular weight excluding hydrogens is 285 g/mol. The van der Waals surface area contributed by atoms with Gasteiger partial charge in [0.1, 0.15) is 12.7 Å². The third-order valence-corrected chi connectivity index (χ3v) is 3.68. The Hall–Kier alpha value is -2.06. The maximum absolute atomic E-state index is 12.8. The zero-order valence-corrected chi connectivity index (χ0v) is 11.4. The molecule has 0 radical (unpaired) electrons. The Morgan fingerprint density at radius 2 is 2.35 bits per heavy atom. The average Bonchev–Trinajstić information content (AvgIpc) is 2.87. The number of hydrogen-bond acceptors (Lipinski definition) is 6. The van der Waals surface area contributed by atoms with Gasteiger partial charge < -0.3 is 10.6 Å². The van der Waals surface area contributed by atoms with Crippen molar-refractivity contribution in [2.75, 3.05) is 0 Å². The van der Waals surface area contributed by atoms with Crippen molar-refractivity contribution in [2.45, 2.75) is 19.6 Å². The number of pyridine rings is 1. The lowest BCUT2D eigenvalue weighted by Crippen LogP contribution is -2.35. The van der Waals surface area contributed by atoms with Crippen LogP contribution in [-0.4, -0.2) is 22.9 Å². The van der Waals surface area contributed by atoms with Crippen molar-refractivity contribution in [3.05, 3.63) is 28.8 Å². The van der Waals surface area contributed by atoms with Crippen LogP contribution in [0.1, 0.15) is 22.2 Å². The lowest BCUT2D eigenvalue weighted by atomic mass is 10.2. The number of nitrogens with one attached hydrogen (secondary N) is 1. The van der Waals surface area contributed by atoms with E-state index in [4.69, 9.17) is 5.73 Å². The lowest BCUT2D eigenvalue weighted by molar-refractivity contribution is -0.150. The van der Waals surface area contributed by atoms with Gasteiger partial charge in [0, 0.05) is 11.8 Å². The number of nitrogens with two attached hydrogens (primary N) is 1. The highest BCUT2D eigenvalue weighted by atomic mass is 32.1. The minimum Gasteiger partial charge on any atom is -0.339 e. The number of aromatic nitrogens is 1. The van der Waals surface area contributed by atoms with Crippen LogP contribution in [0.3, 0.4) is 0 Å². The third kappa shape index (κ3) is 2.91. The molecule has 2 heterocycles. The van der Waals surface area contributed by atoms with Gasteiger partial charge in [0.25, 0.3) is 5.91 Å². The summed E-state index contributed by atoms with van der Waals surface area (Å²) in [5.74, 6) is -1.35.